The van der Waals surface area contributed by atoms with Crippen LogP contribution >= 0.6 is 0 Å². The number of nitrogens with zero attached hydrogens (tertiary/aromatic N) is 1. The first-order valence-electron chi connectivity index (χ1n) is 9.70. The van der Waals surface area contributed by atoms with Crippen LogP contribution in [0.5, 0.6) is 5.75 Å². The predicted molar refractivity (Wildman–Crippen MR) is 112 cm³/mol. The Balaban J connectivity index is 1.59. The van der Waals surface area contributed by atoms with Crippen molar-refractivity contribution in [3.8, 4) is 5.75 Å². The third-order valence-electron chi connectivity index (χ3n) is 4.89. The first-order valence-corrected chi connectivity index (χ1v) is 11.1. The van der Waals surface area contributed by atoms with Crippen molar-refractivity contribution in [3.05, 3.63) is 53.6 Å². The van der Waals surface area contributed by atoms with E-state index in [0.717, 1.165) is 5.56 Å². The minimum absolute atomic E-state index is 0.0441. The molecule has 0 unspecified atom stereocenters. The molecule has 0 spiro atoms. The highest BCUT2D eigenvalue weighted by molar-refractivity contribution is 7.89. The normalized spacial score (nSPS) is 14.7. The molecule has 2 aromatic carbocycles. The Morgan fingerprint density at radius 2 is 1.81 bits per heavy atom. The number of phenolic OH excluding ortho intramolecular Hbond substituents is 1. The Hall–Kier alpha value is -2.95. The number of hydrogen-bond acceptors (Lipinski definition) is 7. The van der Waals surface area contributed by atoms with Crippen molar-refractivity contribution in [2.45, 2.75) is 17.7 Å². The molecule has 0 bridgehead atoms. The molecule has 1 fully saturated rings. The number of sulfonamides is 1. The maximum absolute atomic E-state index is 12.6. The van der Waals surface area contributed by atoms with Crippen LogP contribution in [-0.2, 0) is 30.7 Å². The van der Waals surface area contributed by atoms with Crippen molar-refractivity contribution in [1.82, 2.24) is 4.31 Å². The van der Waals surface area contributed by atoms with Crippen molar-refractivity contribution in [2.24, 2.45) is 0 Å². The number of benzene rings is 2. The summed E-state index contributed by atoms with van der Waals surface area (Å²) in [4.78, 5) is 24.1. The Kier molecular flexibility index (Phi) is 7.26. The minimum atomic E-state index is -3.56. The second-order valence-electron chi connectivity index (χ2n) is 6.90. The summed E-state index contributed by atoms with van der Waals surface area (Å²) >= 11 is 0. The lowest BCUT2D eigenvalue weighted by molar-refractivity contribution is -0.116. The van der Waals surface area contributed by atoms with Gasteiger partial charge in [0.2, 0.25) is 15.9 Å². The quantitative estimate of drug-likeness (QED) is 0.489. The molecule has 3 rings (SSSR count). The SMILES string of the molecule is COC(=O)c1cccc(NC(=O)CCc2ccc(S(=O)(=O)N3CCOCC3)cc2)c1O. The van der Waals surface area contributed by atoms with Crippen LogP contribution < -0.4 is 5.32 Å². The van der Waals surface area contributed by atoms with Gasteiger partial charge in [0.05, 0.1) is 30.9 Å². The summed E-state index contributed by atoms with van der Waals surface area (Å²) in [5.74, 6) is -1.43. The van der Waals surface area contributed by atoms with E-state index in [1.807, 2.05) is 0 Å². The Bertz CT molecular complexity index is 1050. The van der Waals surface area contributed by atoms with Crippen LogP contribution in [0, 0.1) is 0 Å². The number of aromatic hydroxyl groups is 1. The molecule has 0 aromatic heterocycles. The van der Waals surface area contributed by atoms with E-state index in [1.54, 1.807) is 12.1 Å². The van der Waals surface area contributed by atoms with Crippen LogP contribution in [0.2, 0.25) is 0 Å². The van der Waals surface area contributed by atoms with Gasteiger partial charge in [0, 0.05) is 19.5 Å². The molecule has 166 valence electrons. The number of carbonyl (C=O) groups is 2. The van der Waals surface area contributed by atoms with Crippen LogP contribution in [0.1, 0.15) is 22.3 Å². The molecule has 9 nitrogen and oxygen atoms in total. The van der Waals surface area contributed by atoms with Gasteiger partial charge in [-0.25, -0.2) is 13.2 Å². The number of para-hydroxylation sites is 1. The largest absolute Gasteiger partial charge is 0.505 e. The number of nitrogens with one attached hydrogen (secondary N) is 1. The molecule has 1 amide bonds. The number of ether oxygens (including phenoxy) is 2. The van der Waals surface area contributed by atoms with Crippen LogP contribution in [-0.4, -0.2) is 63.1 Å². The standard InChI is InChI=1S/C21H24N2O7S/c1-29-21(26)17-3-2-4-18(20(17)25)22-19(24)10-7-15-5-8-16(9-6-15)31(27,28)23-11-13-30-14-12-23/h2-6,8-9,25H,7,10-14H2,1H3,(H,22,24). The van der Waals surface area contributed by atoms with E-state index in [0.29, 0.717) is 32.7 Å². The van der Waals surface area contributed by atoms with Gasteiger partial charge in [-0.2, -0.15) is 4.31 Å². The van der Waals surface area contributed by atoms with Gasteiger partial charge in [0.1, 0.15) is 5.56 Å². The number of anilines is 1. The zero-order chi connectivity index (χ0) is 22.4. The van der Waals surface area contributed by atoms with Gasteiger partial charge in [0.15, 0.2) is 5.75 Å². The third kappa shape index (κ3) is 5.40. The summed E-state index contributed by atoms with van der Waals surface area (Å²) in [5, 5.41) is 12.7. The second kappa shape index (κ2) is 9.90. The molecular weight excluding hydrogens is 424 g/mol. The molecule has 0 saturated carbocycles. The first-order chi connectivity index (χ1) is 14.8. The first kappa shape index (κ1) is 22.7. The van der Waals surface area contributed by atoms with Crippen molar-refractivity contribution in [3.63, 3.8) is 0 Å². The maximum atomic E-state index is 12.6. The molecule has 1 aliphatic rings. The highest BCUT2D eigenvalue weighted by Crippen LogP contribution is 2.28. The number of carbonyl (C=O) groups excluding carboxylic acids is 2. The summed E-state index contributed by atoms with van der Waals surface area (Å²) in [6, 6.07) is 10.8. The molecule has 31 heavy (non-hydrogen) atoms. The average molecular weight is 448 g/mol. The van der Waals surface area contributed by atoms with Gasteiger partial charge in [-0.05, 0) is 36.2 Å². The Morgan fingerprint density at radius 3 is 2.45 bits per heavy atom. The van der Waals surface area contributed by atoms with Crippen molar-refractivity contribution >= 4 is 27.6 Å². The Morgan fingerprint density at radius 1 is 1.13 bits per heavy atom. The second-order valence-corrected chi connectivity index (χ2v) is 8.84. The molecule has 0 aliphatic carbocycles. The van der Waals surface area contributed by atoms with Crippen molar-refractivity contribution in [2.75, 3.05) is 38.7 Å². The zero-order valence-electron chi connectivity index (χ0n) is 17.0. The maximum Gasteiger partial charge on any atom is 0.341 e. The number of methoxy groups -OCH3 is 1. The lowest BCUT2D eigenvalue weighted by Crippen LogP contribution is -2.40. The van der Waals surface area contributed by atoms with E-state index in [1.165, 1.54) is 41.7 Å². The van der Waals surface area contributed by atoms with E-state index in [9.17, 15) is 23.1 Å². The highest BCUT2D eigenvalue weighted by atomic mass is 32.2. The van der Waals surface area contributed by atoms with Gasteiger partial charge < -0.3 is 19.9 Å². The van der Waals surface area contributed by atoms with Gasteiger partial charge >= 0.3 is 5.97 Å². The van der Waals surface area contributed by atoms with Gasteiger partial charge in [-0.15, -0.1) is 0 Å². The summed E-state index contributed by atoms with van der Waals surface area (Å²) in [6.45, 7) is 1.41. The van der Waals surface area contributed by atoms with E-state index in [2.05, 4.69) is 10.1 Å². The molecule has 2 aromatic rings. The Labute approximate surface area is 180 Å². The zero-order valence-corrected chi connectivity index (χ0v) is 17.9. The van der Waals surface area contributed by atoms with Crippen LogP contribution in [0.4, 0.5) is 5.69 Å². The molecule has 10 heteroatoms. The fraction of sp³-hybridized carbons (Fsp3) is 0.333. The number of aryl methyl sites for hydroxylation is 1. The van der Waals surface area contributed by atoms with Crippen LogP contribution in [0.15, 0.2) is 47.4 Å². The van der Waals surface area contributed by atoms with E-state index < -0.39 is 16.0 Å². The third-order valence-corrected chi connectivity index (χ3v) is 6.80. The molecule has 1 saturated heterocycles. The van der Waals surface area contributed by atoms with Crippen LogP contribution in [0.25, 0.3) is 0 Å². The van der Waals surface area contributed by atoms with Crippen molar-refractivity contribution in [1.29, 1.82) is 0 Å². The highest BCUT2D eigenvalue weighted by Gasteiger charge is 2.26. The van der Waals surface area contributed by atoms with E-state index >= 15 is 0 Å². The summed E-state index contributed by atoms with van der Waals surface area (Å²) < 4.78 is 36.5. The molecule has 2 N–H and O–H groups in total. The topological polar surface area (TPSA) is 122 Å². The number of morpholine rings is 1. The smallest absolute Gasteiger partial charge is 0.341 e. The van der Waals surface area contributed by atoms with Gasteiger partial charge in [0.25, 0.3) is 0 Å². The number of hydrogen-bond donors (Lipinski definition) is 2. The predicted octanol–water partition coefficient (Wildman–Crippen LogP) is 1.77. The number of amides is 1. The lowest BCUT2D eigenvalue weighted by Gasteiger charge is -2.26. The minimum Gasteiger partial charge on any atom is -0.505 e. The molecule has 0 atom stereocenters. The molecule has 1 aliphatic heterocycles. The van der Waals surface area contributed by atoms with Crippen LogP contribution in [0.3, 0.4) is 0 Å². The number of esters is 1. The summed E-state index contributed by atoms with van der Waals surface area (Å²) in [7, 11) is -2.36. The lowest BCUT2D eigenvalue weighted by atomic mass is 10.1. The number of rotatable bonds is 7. The molecular formula is C21H24N2O7S. The fourth-order valence-corrected chi connectivity index (χ4v) is 4.56. The van der Waals surface area contributed by atoms with Crippen molar-refractivity contribution < 1.29 is 32.6 Å². The monoisotopic (exact) mass is 448 g/mol. The molecule has 0 radical (unpaired) electrons. The molecule has 1 heterocycles. The summed E-state index contributed by atoms with van der Waals surface area (Å²) in [5.41, 5.74) is 0.862. The van der Waals surface area contributed by atoms with Gasteiger partial charge in [-0.1, -0.05) is 18.2 Å². The van der Waals surface area contributed by atoms with E-state index in [-0.39, 0.29) is 34.2 Å². The fourth-order valence-electron chi connectivity index (χ4n) is 3.15. The summed E-state index contributed by atoms with van der Waals surface area (Å²) in [6.07, 6.45) is 0.485. The number of phenols is 1. The van der Waals surface area contributed by atoms with Gasteiger partial charge in [-0.3, -0.25) is 4.79 Å². The van der Waals surface area contributed by atoms with E-state index in [4.69, 9.17) is 4.74 Å². The average Bonchev–Trinajstić information content (AvgIpc) is 2.79.